The van der Waals surface area contributed by atoms with Crippen LogP contribution in [0, 0.1) is 4.78 Å². The highest BCUT2D eigenvalue weighted by Gasteiger charge is 1.83. The van der Waals surface area contributed by atoms with Crippen LogP contribution >= 0.6 is 0 Å². The number of rotatable bonds is 0. The van der Waals surface area contributed by atoms with Gasteiger partial charge in [0.2, 0.25) is 0 Å². The van der Waals surface area contributed by atoms with Gasteiger partial charge in [0.15, 0.2) is 0 Å². The van der Waals surface area contributed by atoms with Crippen molar-refractivity contribution in [1.82, 2.24) is 4.83 Å². The predicted molar refractivity (Wildman–Crippen MR) is 30.9 cm³/mol. The molecule has 1 heterocycles. The molecule has 0 amide bonds. The van der Waals surface area contributed by atoms with E-state index in [1.165, 1.54) is 0 Å². The maximum atomic E-state index is 6.99. The van der Waals surface area contributed by atoms with Gasteiger partial charge in [-0.1, -0.05) is 0 Å². The molecule has 0 spiro atoms. The maximum absolute atomic E-state index is 6.99. The summed E-state index contributed by atoms with van der Waals surface area (Å²) in [7, 11) is -0.569. The SMILES string of the molecule is N=S1C=CC=NN1. The molecule has 0 bridgehead atoms. The van der Waals surface area contributed by atoms with Gasteiger partial charge in [-0.3, -0.25) is 4.78 Å². The molecule has 0 saturated carbocycles. The van der Waals surface area contributed by atoms with Gasteiger partial charge in [0.25, 0.3) is 0 Å². The number of nitrogens with one attached hydrogen (secondary N) is 2. The molecular formula is C3H5N3S. The first-order valence-corrected chi connectivity index (χ1v) is 3.08. The molecule has 0 fully saturated rings. The molecule has 4 heteroatoms. The van der Waals surface area contributed by atoms with E-state index in [1.807, 2.05) is 0 Å². The second kappa shape index (κ2) is 1.88. The molecule has 0 saturated heterocycles. The van der Waals surface area contributed by atoms with E-state index in [1.54, 1.807) is 17.7 Å². The normalized spacial score (nSPS) is 27.1. The Kier molecular flexibility index (Phi) is 1.21. The summed E-state index contributed by atoms with van der Waals surface area (Å²) < 4.78 is 6.99. The van der Waals surface area contributed by atoms with Crippen LogP contribution in [0.25, 0.3) is 0 Å². The van der Waals surface area contributed by atoms with Crippen LogP contribution in [0.15, 0.2) is 16.6 Å². The Morgan fingerprint density at radius 3 is 2.86 bits per heavy atom. The zero-order valence-electron chi connectivity index (χ0n) is 3.59. The lowest BCUT2D eigenvalue weighted by Crippen LogP contribution is -2.07. The van der Waals surface area contributed by atoms with E-state index < -0.39 is 10.9 Å². The second-order valence-corrected chi connectivity index (χ2v) is 2.17. The highest BCUT2D eigenvalue weighted by molar-refractivity contribution is 7.87. The Bertz CT molecular complexity index is 137. The minimum Gasteiger partial charge on any atom is -0.256 e. The first-order chi connectivity index (χ1) is 3.39. The van der Waals surface area contributed by atoms with Crippen molar-refractivity contribution in [3.8, 4) is 0 Å². The van der Waals surface area contributed by atoms with Crippen molar-refractivity contribution in [2.45, 2.75) is 0 Å². The van der Waals surface area contributed by atoms with Crippen LogP contribution in [0.1, 0.15) is 0 Å². The Morgan fingerprint density at radius 2 is 2.57 bits per heavy atom. The summed E-state index contributed by atoms with van der Waals surface area (Å²) in [6.07, 6.45) is 3.38. The summed E-state index contributed by atoms with van der Waals surface area (Å²) in [6.45, 7) is 0. The van der Waals surface area contributed by atoms with Crippen molar-refractivity contribution in [3.05, 3.63) is 11.5 Å². The predicted octanol–water partition coefficient (Wildman–Crippen LogP) is 0.385. The van der Waals surface area contributed by atoms with Crippen molar-refractivity contribution in [2.24, 2.45) is 5.10 Å². The second-order valence-electron chi connectivity index (χ2n) is 1.04. The van der Waals surface area contributed by atoms with Crippen LogP contribution in [0.5, 0.6) is 0 Å². The monoisotopic (exact) mass is 115 g/mol. The van der Waals surface area contributed by atoms with Gasteiger partial charge < -0.3 is 0 Å². The van der Waals surface area contributed by atoms with E-state index in [0.717, 1.165) is 0 Å². The first-order valence-electron chi connectivity index (χ1n) is 1.79. The molecule has 3 nitrogen and oxygen atoms in total. The van der Waals surface area contributed by atoms with Gasteiger partial charge in [0, 0.05) is 22.5 Å². The number of hydrazone groups is 1. The third-order valence-electron chi connectivity index (χ3n) is 0.526. The Balaban J connectivity index is 2.66. The summed E-state index contributed by atoms with van der Waals surface area (Å²) in [6, 6.07) is 0. The summed E-state index contributed by atoms with van der Waals surface area (Å²) in [5.74, 6) is 0. The minimum absolute atomic E-state index is 0.569. The third-order valence-corrected chi connectivity index (χ3v) is 1.26. The standard InChI is InChI=1S/C3H5N3S/c4-7-3-1-2-5-6-7/h1-3H,(H2,4,6). The smallest absolute Gasteiger partial charge is 0.0484 e. The lowest BCUT2D eigenvalue weighted by atomic mass is 10.7. The lowest BCUT2D eigenvalue weighted by Gasteiger charge is -1.97. The molecule has 2 N–H and O–H groups in total. The molecule has 1 atom stereocenters. The van der Waals surface area contributed by atoms with E-state index in [0.29, 0.717) is 0 Å². The zero-order chi connectivity index (χ0) is 5.11. The van der Waals surface area contributed by atoms with Gasteiger partial charge in [-0.05, 0) is 6.08 Å². The van der Waals surface area contributed by atoms with E-state index in [2.05, 4.69) is 9.93 Å². The average Bonchev–Trinajstić information content (AvgIpc) is 1.69. The fourth-order valence-corrected chi connectivity index (χ4v) is 0.737. The van der Waals surface area contributed by atoms with Crippen LogP contribution < -0.4 is 4.83 Å². The van der Waals surface area contributed by atoms with E-state index in [4.69, 9.17) is 4.78 Å². The minimum atomic E-state index is -0.569. The van der Waals surface area contributed by atoms with Crippen molar-refractivity contribution in [3.63, 3.8) is 0 Å². The third kappa shape index (κ3) is 1.12. The fourth-order valence-electron chi connectivity index (χ4n) is 0.274. The van der Waals surface area contributed by atoms with Gasteiger partial charge >= 0.3 is 0 Å². The van der Waals surface area contributed by atoms with Gasteiger partial charge in [-0.25, -0.2) is 4.83 Å². The van der Waals surface area contributed by atoms with Crippen molar-refractivity contribution in [1.29, 1.82) is 4.78 Å². The van der Waals surface area contributed by atoms with Crippen molar-refractivity contribution in [2.75, 3.05) is 0 Å². The highest BCUT2D eigenvalue weighted by Crippen LogP contribution is 1.83. The molecule has 38 valence electrons. The molecule has 1 unspecified atom stereocenters. The summed E-state index contributed by atoms with van der Waals surface area (Å²) in [5.41, 5.74) is 0. The molecule has 0 aromatic rings. The Labute approximate surface area is 44.1 Å². The van der Waals surface area contributed by atoms with Crippen LogP contribution in [-0.2, 0) is 10.9 Å². The molecule has 7 heavy (non-hydrogen) atoms. The van der Waals surface area contributed by atoms with E-state index in [9.17, 15) is 0 Å². The van der Waals surface area contributed by atoms with Crippen molar-refractivity contribution < 1.29 is 0 Å². The molecule has 0 aromatic heterocycles. The molecule has 1 aliphatic heterocycles. The Hall–Kier alpha value is -0.640. The average molecular weight is 115 g/mol. The van der Waals surface area contributed by atoms with Gasteiger partial charge in [0.05, 0.1) is 0 Å². The summed E-state index contributed by atoms with van der Waals surface area (Å²) >= 11 is 0. The largest absolute Gasteiger partial charge is 0.256 e. The van der Waals surface area contributed by atoms with Gasteiger partial charge in [0.1, 0.15) is 0 Å². The topological polar surface area (TPSA) is 48.2 Å². The number of hydrogen-bond acceptors (Lipinski definition) is 2. The molecule has 0 radical (unpaired) electrons. The van der Waals surface area contributed by atoms with Gasteiger partial charge in [-0.2, -0.15) is 5.10 Å². The molecule has 0 aromatic carbocycles. The molecule has 0 aliphatic carbocycles. The summed E-state index contributed by atoms with van der Waals surface area (Å²) in [4.78, 5) is 2.56. The molecule has 1 aliphatic rings. The lowest BCUT2D eigenvalue weighted by molar-refractivity contribution is 1.11. The maximum Gasteiger partial charge on any atom is 0.0484 e. The number of hydrogen-bond donors (Lipinski definition) is 2. The fraction of sp³-hybridized carbons (Fsp3) is 0. The van der Waals surface area contributed by atoms with Crippen LogP contribution in [-0.4, -0.2) is 6.21 Å². The van der Waals surface area contributed by atoms with Crippen LogP contribution in [0.4, 0.5) is 0 Å². The zero-order valence-corrected chi connectivity index (χ0v) is 4.40. The molecule has 1 rings (SSSR count). The quantitative estimate of drug-likeness (QED) is 0.471. The number of allylic oxidation sites excluding steroid dienone is 1. The highest BCUT2D eigenvalue weighted by atomic mass is 32.2. The van der Waals surface area contributed by atoms with E-state index in [-0.39, 0.29) is 0 Å². The first kappa shape index (κ1) is 4.52. The van der Waals surface area contributed by atoms with E-state index >= 15 is 0 Å². The van der Waals surface area contributed by atoms with Crippen LogP contribution in [0.3, 0.4) is 0 Å². The Morgan fingerprint density at radius 1 is 1.71 bits per heavy atom. The van der Waals surface area contributed by atoms with Crippen LogP contribution in [0.2, 0.25) is 0 Å². The molecular weight excluding hydrogens is 110 g/mol. The summed E-state index contributed by atoms with van der Waals surface area (Å²) in [5, 5.41) is 5.36. The van der Waals surface area contributed by atoms with Gasteiger partial charge in [-0.15, -0.1) is 0 Å². The number of nitrogens with zero attached hydrogens (tertiary/aromatic N) is 1. The van der Waals surface area contributed by atoms with Crippen molar-refractivity contribution >= 4 is 17.1 Å².